The number of benzene rings is 2. The lowest BCUT2D eigenvalue weighted by molar-refractivity contribution is -0.0361. The molecule has 2 aromatic carbocycles. The van der Waals surface area contributed by atoms with Crippen molar-refractivity contribution in [3.05, 3.63) is 72.3 Å². The average molecular weight is 497 g/mol. The molecule has 37 heavy (non-hydrogen) atoms. The summed E-state index contributed by atoms with van der Waals surface area (Å²) in [5.41, 5.74) is 4.30. The van der Waals surface area contributed by atoms with Crippen LogP contribution in [0.15, 0.2) is 66.0 Å². The molecule has 4 heterocycles. The van der Waals surface area contributed by atoms with Gasteiger partial charge in [0.1, 0.15) is 29.2 Å². The van der Waals surface area contributed by atoms with Gasteiger partial charge in [-0.15, -0.1) is 0 Å². The Kier molecular flexibility index (Phi) is 6.05. The number of aryl methyl sites for hydroxylation is 2. The minimum atomic E-state index is -0.239. The first-order valence-electron chi connectivity index (χ1n) is 12.4. The van der Waals surface area contributed by atoms with Gasteiger partial charge in [0.2, 0.25) is 0 Å². The number of hydrogen-bond acceptors (Lipinski definition) is 9. The number of amidine groups is 1. The molecule has 4 aromatic rings. The Hall–Kier alpha value is -4.24. The summed E-state index contributed by atoms with van der Waals surface area (Å²) in [7, 11) is 0. The van der Waals surface area contributed by atoms with E-state index in [0.717, 1.165) is 52.1 Å². The molecule has 0 amide bonds. The van der Waals surface area contributed by atoms with Gasteiger partial charge in [0.05, 0.1) is 31.5 Å². The molecule has 0 aliphatic carbocycles. The summed E-state index contributed by atoms with van der Waals surface area (Å²) in [6.07, 6.45) is 5.00. The molecule has 0 saturated carbocycles. The zero-order valence-electron chi connectivity index (χ0n) is 20.8. The normalized spacial score (nSPS) is 16.3. The Labute approximate surface area is 214 Å². The van der Waals surface area contributed by atoms with E-state index >= 15 is 0 Å². The molecule has 9 nitrogen and oxygen atoms in total. The van der Waals surface area contributed by atoms with Gasteiger partial charge in [0.15, 0.2) is 0 Å². The van der Waals surface area contributed by atoms with Crippen LogP contribution in [0.4, 0.5) is 17.2 Å². The monoisotopic (exact) mass is 496 g/mol. The molecule has 0 radical (unpaired) electrons. The van der Waals surface area contributed by atoms with Crippen molar-refractivity contribution in [1.82, 2.24) is 15.0 Å². The van der Waals surface area contributed by atoms with Crippen LogP contribution >= 0.6 is 0 Å². The summed E-state index contributed by atoms with van der Waals surface area (Å²) in [6, 6.07) is 16.3. The molecule has 0 atom stereocenters. The van der Waals surface area contributed by atoms with E-state index in [1.54, 1.807) is 12.5 Å². The highest BCUT2D eigenvalue weighted by Gasteiger charge is 2.39. The second kappa shape index (κ2) is 9.67. The number of anilines is 3. The van der Waals surface area contributed by atoms with Crippen molar-refractivity contribution in [3.63, 3.8) is 0 Å². The van der Waals surface area contributed by atoms with Crippen LogP contribution in [-0.4, -0.2) is 46.3 Å². The molecule has 2 aromatic heterocycles. The van der Waals surface area contributed by atoms with Crippen molar-refractivity contribution in [2.45, 2.75) is 32.3 Å². The molecule has 6 rings (SSSR count). The first-order valence-corrected chi connectivity index (χ1v) is 12.4. The Morgan fingerprint density at radius 1 is 0.892 bits per heavy atom. The maximum Gasteiger partial charge on any atom is 0.289 e. The average Bonchev–Trinajstić information content (AvgIpc) is 3.28. The molecule has 2 aliphatic heterocycles. The highest BCUT2D eigenvalue weighted by molar-refractivity contribution is 5.97. The summed E-state index contributed by atoms with van der Waals surface area (Å²) in [5.74, 6) is 2.18. The lowest BCUT2D eigenvalue weighted by atomic mass is 9.95. The quantitative estimate of drug-likeness (QED) is 0.372. The molecule has 188 valence electrons. The molecule has 1 saturated heterocycles. The van der Waals surface area contributed by atoms with E-state index in [-0.39, 0.29) is 5.60 Å². The second-order valence-electron chi connectivity index (χ2n) is 9.44. The fourth-order valence-electron chi connectivity index (χ4n) is 4.53. The standard InChI is InChI=1S/C28H28N6O3/c1-18-13-20(5-8-25(18)36-22-6-3-19(2)29-15-22)33-26-23-14-21(4-7-24(23)31-17-32-26)34-27-30-16-28(37-27)9-11-35-12-10-28/h3-8,13-15,17H,9-12,16H2,1-2H3,(H,30,34)(H,31,32,33). The Morgan fingerprint density at radius 2 is 1.73 bits per heavy atom. The summed E-state index contributed by atoms with van der Waals surface area (Å²) >= 11 is 0. The minimum absolute atomic E-state index is 0.239. The molecular weight excluding hydrogens is 468 g/mol. The topological polar surface area (TPSA) is 103 Å². The first kappa shape index (κ1) is 23.2. The van der Waals surface area contributed by atoms with E-state index in [0.29, 0.717) is 37.3 Å². The zero-order chi connectivity index (χ0) is 25.2. The van der Waals surface area contributed by atoms with Gasteiger partial charge < -0.3 is 24.8 Å². The molecule has 0 unspecified atom stereocenters. The number of rotatable bonds is 5. The number of ether oxygens (including phenoxy) is 3. The number of aliphatic imine (C=N–C) groups is 1. The third-order valence-corrected chi connectivity index (χ3v) is 6.66. The first-order chi connectivity index (χ1) is 18.1. The maximum absolute atomic E-state index is 6.20. The summed E-state index contributed by atoms with van der Waals surface area (Å²) in [4.78, 5) is 17.8. The smallest absolute Gasteiger partial charge is 0.289 e. The molecule has 2 N–H and O–H groups in total. The van der Waals surface area contributed by atoms with Gasteiger partial charge >= 0.3 is 0 Å². The van der Waals surface area contributed by atoms with Crippen LogP contribution in [-0.2, 0) is 9.47 Å². The third kappa shape index (κ3) is 5.03. The number of nitrogens with zero attached hydrogens (tertiary/aromatic N) is 4. The lowest BCUT2D eigenvalue weighted by Crippen LogP contribution is -2.40. The van der Waals surface area contributed by atoms with E-state index in [1.807, 2.05) is 62.4 Å². The van der Waals surface area contributed by atoms with Gasteiger partial charge in [-0.3, -0.25) is 4.98 Å². The van der Waals surface area contributed by atoms with Crippen LogP contribution in [0, 0.1) is 13.8 Å². The van der Waals surface area contributed by atoms with Crippen molar-refractivity contribution < 1.29 is 14.2 Å². The van der Waals surface area contributed by atoms with Crippen molar-refractivity contribution in [2.24, 2.45) is 4.99 Å². The van der Waals surface area contributed by atoms with Gasteiger partial charge in [-0.05, 0) is 67.9 Å². The van der Waals surface area contributed by atoms with Gasteiger partial charge in [-0.1, -0.05) is 0 Å². The fourth-order valence-corrected chi connectivity index (χ4v) is 4.53. The zero-order valence-corrected chi connectivity index (χ0v) is 20.8. The number of aromatic nitrogens is 3. The van der Waals surface area contributed by atoms with E-state index < -0.39 is 0 Å². The number of nitrogens with one attached hydrogen (secondary N) is 2. The highest BCUT2D eigenvalue weighted by atomic mass is 16.5. The van der Waals surface area contributed by atoms with E-state index in [4.69, 9.17) is 14.2 Å². The fraction of sp³-hybridized carbons (Fsp3) is 0.286. The van der Waals surface area contributed by atoms with E-state index in [1.165, 1.54) is 0 Å². The molecule has 1 spiro atoms. The Morgan fingerprint density at radius 3 is 2.54 bits per heavy atom. The van der Waals surface area contributed by atoms with Gasteiger partial charge in [0, 0.05) is 35.3 Å². The highest BCUT2D eigenvalue weighted by Crippen LogP contribution is 2.32. The molecule has 1 fully saturated rings. The van der Waals surface area contributed by atoms with Gasteiger partial charge in [-0.25, -0.2) is 15.0 Å². The van der Waals surface area contributed by atoms with Crippen LogP contribution in [0.1, 0.15) is 24.1 Å². The van der Waals surface area contributed by atoms with Gasteiger partial charge in [0.25, 0.3) is 6.02 Å². The van der Waals surface area contributed by atoms with Crippen LogP contribution in [0.3, 0.4) is 0 Å². The van der Waals surface area contributed by atoms with Crippen LogP contribution in [0.25, 0.3) is 10.9 Å². The Balaban J connectivity index is 1.19. The maximum atomic E-state index is 6.20. The predicted octanol–water partition coefficient (Wildman–Crippen LogP) is 5.52. The van der Waals surface area contributed by atoms with Crippen molar-refractivity contribution in [3.8, 4) is 11.5 Å². The van der Waals surface area contributed by atoms with Crippen molar-refractivity contribution in [1.29, 1.82) is 0 Å². The van der Waals surface area contributed by atoms with Crippen LogP contribution < -0.4 is 15.4 Å². The minimum Gasteiger partial charge on any atom is -0.456 e. The number of hydrogen-bond donors (Lipinski definition) is 2. The molecule has 9 heteroatoms. The molecular formula is C28H28N6O3. The second-order valence-corrected chi connectivity index (χ2v) is 9.44. The summed E-state index contributed by atoms with van der Waals surface area (Å²) < 4.78 is 17.7. The molecule has 2 aliphatic rings. The van der Waals surface area contributed by atoms with Crippen LogP contribution in [0.5, 0.6) is 11.5 Å². The summed E-state index contributed by atoms with van der Waals surface area (Å²) in [5, 5.41) is 7.64. The van der Waals surface area contributed by atoms with E-state index in [9.17, 15) is 0 Å². The number of fused-ring (bicyclic) bond motifs is 1. The largest absolute Gasteiger partial charge is 0.456 e. The Bertz CT molecular complexity index is 1470. The van der Waals surface area contributed by atoms with E-state index in [2.05, 4.69) is 30.6 Å². The van der Waals surface area contributed by atoms with Crippen LogP contribution in [0.2, 0.25) is 0 Å². The predicted molar refractivity (Wildman–Crippen MR) is 143 cm³/mol. The van der Waals surface area contributed by atoms with Gasteiger partial charge in [-0.2, -0.15) is 0 Å². The van der Waals surface area contributed by atoms with Crippen molar-refractivity contribution in [2.75, 3.05) is 30.4 Å². The molecule has 0 bridgehead atoms. The number of pyridine rings is 1. The third-order valence-electron chi connectivity index (χ3n) is 6.66. The lowest BCUT2D eigenvalue weighted by Gasteiger charge is -2.31. The summed E-state index contributed by atoms with van der Waals surface area (Å²) in [6.45, 7) is 6.03. The van der Waals surface area contributed by atoms with Crippen molar-refractivity contribution >= 4 is 34.1 Å². The SMILES string of the molecule is Cc1ccc(Oc2ccc(Nc3ncnc4ccc(NC5=NCC6(CCOCC6)O5)cc34)cc2C)cn1.